The van der Waals surface area contributed by atoms with Crippen LogP contribution in [0.1, 0.15) is 24.5 Å². The molecule has 19 heavy (non-hydrogen) atoms. The number of nitrogens with one attached hydrogen (secondary N) is 1. The Balaban J connectivity index is 2.10. The molecule has 2 aromatic rings. The van der Waals surface area contributed by atoms with Crippen molar-refractivity contribution >= 4 is 40.0 Å². The van der Waals surface area contributed by atoms with E-state index in [0.29, 0.717) is 5.92 Å². The Bertz CT molecular complexity index is 609. The van der Waals surface area contributed by atoms with Crippen molar-refractivity contribution in [1.29, 1.82) is 0 Å². The highest BCUT2D eigenvalue weighted by Crippen LogP contribution is 2.42. The van der Waals surface area contributed by atoms with E-state index >= 15 is 0 Å². The van der Waals surface area contributed by atoms with Crippen molar-refractivity contribution in [1.82, 2.24) is 9.97 Å². The summed E-state index contributed by atoms with van der Waals surface area (Å²) >= 11 is 8.25. The molecule has 1 aromatic heterocycles. The first-order chi connectivity index (χ1) is 9.19. The number of anilines is 1. The normalized spacial score (nSPS) is 14.5. The van der Waals surface area contributed by atoms with Crippen molar-refractivity contribution in [3.05, 3.63) is 38.6 Å². The summed E-state index contributed by atoms with van der Waals surface area (Å²) in [6, 6.07) is 7.66. The lowest BCUT2D eigenvalue weighted by molar-refractivity contribution is 0.979. The van der Waals surface area contributed by atoms with E-state index in [0.717, 1.165) is 25.8 Å². The lowest BCUT2D eigenvalue weighted by atomic mass is 10.2. The Morgan fingerprint density at radius 2 is 1.89 bits per heavy atom. The van der Waals surface area contributed by atoms with Gasteiger partial charge in [0, 0.05) is 23.6 Å². The van der Waals surface area contributed by atoms with E-state index in [1.807, 2.05) is 31.3 Å². The van der Waals surface area contributed by atoms with Gasteiger partial charge in [-0.15, -0.1) is 0 Å². The summed E-state index contributed by atoms with van der Waals surface area (Å²) in [7, 11) is 1.90. The fourth-order valence-corrected chi connectivity index (χ4v) is 3.06. The molecule has 1 aliphatic rings. The Hall–Kier alpha value is -0.880. The van der Waals surface area contributed by atoms with Gasteiger partial charge in [0.15, 0.2) is 5.82 Å². The van der Waals surface area contributed by atoms with Gasteiger partial charge >= 0.3 is 0 Å². The van der Waals surface area contributed by atoms with Crippen molar-refractivity contribution in [2.75, 3.05) is 12.4 Å². The van der Waals surface area contributed by atoms with E-state index in [1.54, 1.807) is 0 Å². The van der Waals surface area contributed by atoms with E-state index in [1.165, 1.54) is 18.5 Å². The third kappa shape index (κ3) is 2.69. The van der Waals surface area contributed by atoms with Crippen molar-refractivity contribution in [2.24, 2.45) is 0 Å². The van der Waals surface area contributed by atoms with Gasteiger partial charge in [-0.25, -0.2) is 9.97 Å². The van der Waals surface area contributed by atoms with Gasteiger partial charge in [0.1, 0.15) is 5.82 Å². The number of rotatable bonds is 3. The smallest absolute Gasteiger partial charge is 0.161 e. The first kappa shape index (κ1) is 13.1. The quantitative estimate of drug-likeness (QED) is 0.800. The van der Waals surface area contributed by atoms with Gasteiger partial charge in [-0.3, -0.25) is 0 Å². The van der Waals surface area contributed by atoms with Crippen LogP contribution in [0.25, 0.3) is 11.4 Å². The number of halogens is 2. The van der Waals surface area contributed by atoms with Gasteiger partial charge in [-0.05, 0) is 59.7 Å². The van der Waals surface area contributed by atoms with Crippen LogP contribution in [0.5, 0.6) is 0 Å². The lowest BCUT2D eigenvalue weighted by Gasteiger charge is -2.10. The molecule has 0 unspecified atom stereocenters. The van der Waals surface area contributed by atoms with E-state index in [2.05, 4.69) is 32.9 Å². The highest BCUT2D eigenvalue weighted by atomic mass is 127. The van der Waals surface area contributed by atoms with E-state index < -0.39 is 0 Å². The molecular weight excluding hydrogens is 373 g/mol. The Kier molecular flexibility index (Phi) is 3.62. The maximum Gasteiger partial charge on any atom is 0.161 e. The van der Waals surface area contributed by atoms with Crippen molar-refractivity contribution in [3.63, 3.8) is 0 Å². The molecule has 1 saturated carbocycles. The standard InChI is InChI=1S/C14H13ClIN3/c1-17-14-11(16)12(8-2-3-8)18-13(19-14)9-4-6-10(15)7-5-9/h4-8H,2-3H2,1H3,(H,17,18,19). The summed E-state index contributed by atoms with van der Waals surface area (Å²) < 4.78 is 1.14. The molecule has 0 atom stereocenters. The highest BCUT2D eigenvalue weighted by Gasteiger charge is 2.29. The molecule has 1 heterocycles. The summed E-state index contributed by atoms with van der Waals surface area (Å²) in [5.74, 6) is 2.28. The monoisotopic (exact) mass is 385 g/mol. The molecular formula is C14H13ClIN3. The summed E-state index contributed by atoms with van der Waals surface area (Å²) in [4.78, 5) is 9.33. The zero-order chi connectivity index (χ0) is 13.4. The van der Waals surface area contributed by atoms with Crippen LogP contribution < -0.4 is 5.32 Å². The molecule has 1 aromatic carbocycles. The molecule has 0 bridgehead atoms. The number of nitrogens with zero attached hydrogens (tertiary/aromatic N) is 2. The molecule has 3 nitrogen and oxygen atoms in total. The fraction of sp³-hybridized carbons (Fsp3) is 0.286. The minimum Gasteiger partial charge on any atom is -0.372 e. The third-order valence-corrected chi connectivity index (χ3v) is 4.50. The number of hydrogen-bond donors (Lipinski definition) is 1. The predicted molar refractivity (Wildman–Crippen MR) is 86.7 cm³/mol. The maximum atomic E-state index is 5.92. The van der Waals surface area contributed by atoms with Gasteiger partial charge in [0.2, 0.25) is 0 Å². The molecule has 1 aliphatic carbocycles. The first-order valence-electron chi connectivity index (χ1n) is 6.20. The molecule has 0 spiro atoms. The van der Waals surface area contributed by atoms with E-state index in [4.69, 9.17) is 16.6 Å². The van der Waals surface area contributed by atoms with Gasteiger partial charge in [-0.2, -0.15) is 0 Å². The maximum absolute atomic E-state index is 5.92. The molecule has 0 saturated heterocycles. The Labute approximate surface area is 130 Å². The third-order valence-electron chi connectivity index (χ3n) is 3.18. The van der Waals surface area contributed by atoms with E-state index in [9.17, 15) is 0 Å². The zero-order valence-corrected chi connectivity index (χ0v) is 13.4. The van der Waals surface area contributed by atoms with Crippen molar-refractivity contribution < 1.29 is 0 Å². The van der Waals surface area contributed by atoms with Crippen LogP contribution >= 0.6 is 34.2 Å². The van der Waals surface area contributed by atoms with Crippen LogP contribution in [0.15, 0.2) is 24.3 Å². The molecule has 0 amide bonds. The molecule has 1 fully saturated rings. The molecule has 0 radical (unpaired) electrons. The Morgan fingerprint density at radius 3 is 2.47 bits per heavy atom. The fourth-order valence-electron chi connectivity index (χ4n) is 1.99. The van der Waals surface area contributed by atoms with E-state index in [-0.39, 0.29) is 0 Å². The van der Waals surface area contributed by atoms with Gasteiger partial charge in [0.25, 0.3) is 0 Å². The average Bonchev–Trinajstić information content (AvgIpc) is 3.24. The topological polar surface area (TPSA) is 37.8 Å². The summed E-state index contributed by atoms with van der Waals surface area (Å²) in [5.41, 5.74) is 2.17. The Morgan fingerprint density at radius 1 is 1.21 bits per heavy atom. The second kappa shape index (κ2) is 5.25. The molecule has 0 aliphatic heterocycles. The summed E-state index contributed by atoms with van der Waals surface area (Å²) in [6.45, 7) is 0. The molecule has 1 N–H and O–H groups in total. The average molecular weight is 386 g/mol. The van der Waals surface area contributed by atoms with Crippen molar-refractivity contribution in [2.45, 2.75) is 18.8 Å². The van der Waals surface area contributed by atoms with Gasteiger partial charge in [-0.1, -0.05) is 11.6 Å². The van der Waals surface area contributed by atoms with Gasteiger partial charge in [0.05, 0.1) is 9.26 Å². The highest BCUT2D eigenvalue weighted by molar-refractivity contribution is 14.1. The van der Waals surface area contributed by atoms with Crippen molar-refractivity contribution in [3.8, 4) is 11.4 Å². The zero-order valence-electron chi connectivity index (χ0n) is 10.5. The lowest BCUT2D eigenvalue weighted by Crippen LogP contribution is -2.04. The van der Waals surface area contributed by atoms with Crippen LogP contribution in [-0.2, 0) is 0 Å². The summed E-state index contributed by atoms with van der Waals surface area (Å²) in [6.07, 6.45) is 2.46. The second-order valence-corrected chi connectivity index (χ2v) is 6.14. The predicted octanol–water partition coefficient (Wildman–Crippen LogP) is 4.32. The van der Waals surface area contributed by atoms with Crippen LogP contribution in [0.4, 0.5) is 5.82 Å². The largest absolute Gasteiger partial charge is 0.372 e. The van der Waals surface area contributed by atoms with Gasteiger partial charge < -0.3 is 5.32 Å². The molecule has 98 valence electrons. The number of benzene rings is 1. The number of aromatic nitrogens is 2. The minimum absolute atomic E-state index is 0.605. The molecule has 3 rings (SSSR count). The van der Waals surface area contributed by atoms with Crippen LogP contribution in [0.3, 0.4) is 0 Å². The number of hydrogen-bond acceptors (Lipinski definition) is 3. The van der Waals surface area contributed by atoms with Crippen LogP contribution in [0.2, 0.25) is 5.02 Å². The van der Waals surface area contributed by atoms with Crippen LogP contribution in [-0.4, -0.2) is 17.0 Å². The summed E-state index contributed by atoms with van der Waals surface area (Å²) in [5, 5.41) is 3.88. The second-order valence-electron chi connectivity index (χ2n) is 4.63. The first-order valence-corrected chi connectivity index (χ1v) is 7.66. The SMILES string of the molecule is CNc1nc(-c2ccc(Cl)cc2)nc(C2CC2)c1I. The van der Waals surface area contributed by atoms with Crippen LogP contribution in [0, 0.1) is 3.57 Å². The molecule has 5 heteroatoms. The minimum atomic E-state index is 0.605.